The van der Waals surface area contributed by atoms with Gasteiger partial charge in [-0.15, -0.1) is 0 Å². The molecule has 1 rings (SSSR count). The number of unbranched alkanes of at least 4 members (excludes halogenated alkanes) is 1. The molecule has 0 heterocycles. The summed E-state index contributed by atoms with van der Waals surface area (Å²) in [5.74, 6) is 0. The van der Waals surface area contributed by atoms with Crippen molar-refractivity contribution in [2.45, 2.75) is 45.6 Å². The molecule has 0 bridgehead atoms. The van der Waals surface area contributed by atoms with Crippen LogP contribution in [-0.4, -0.2) is 5.11 Å². The Bertz CT molecular complexity index is 250. The van der Waals surface area contributed by atoms with Crippen molar-refractivity contribution >= 4 is 0 Å². The van der Waals surface area contributed by atoms with E-state index in [-0.39, 0.29) is 6.10 Å². The Morgan fingerprint density at radius 3 is 2.29 bits per heavy atom. The van der Waals surface area contributed by atoms with Crippen molar-refractivity contribution in [1.29, 1.82) is 0 Å². The van der Waals surface area contributed by atoms with Crippen LogP contribution in [0, 0.1) is 0 Å². The Morgan fingerprint density at radius 2 is 1.79 bits per heavy atom. The summed E-state index contributed by atoms with van der Waals surface area (Å²) < 4.78 is 0. The highest BCUT2D eigenvalue weighted by molar-refractivity contribution is 5.24. The number of hydrogen-bond donors (Lipinski definition) is 1. The lowest BCUT2D eigenvalue weighted by Crippen LogP contribution is -1.95. The quantitative estimate of drug-likeness (QED) is 0.757. The number of aliphatic hydroxyl groups excluding tert-OH is 1. The number of benzene rings is 1. The van der Waals surface area contributed by atoms with E-state index in [1.54, 1.807) is 0 Å². The van der Waals surface area contributed by atoms with E-state index in [1.165, 1.54) is 18.4 Å². The fourth-order valence-corrected chi connectivity index (χ4v) is 1.52. The van der Waals surface area contributed by atoms with Crippen LogP contribution in [0.15, 0.2) is 24.3 Å². The molecule has 1 heteroatoms. The molecule has 0 aromatic heterocycles. The lowest BCUT2D eigenvalue weighted by Gasteiger charge is -2.08. The smallest absolute Gasteiger partial charge is 0.0787 e. The number of aryl methyl sites for hydroxylation is 1. The van der Waals surface area contributed by atoms with E-state index in [9.17, 15) is 5.11 Å². The molecule has 14 heavy (non-hydrogen) atoms. The van der Waals surface area contributed by atoms with Gasteiger partial charge in [0.25, 0.3) is 0 Å². The Morgan fingerprint density at radius 1 is 1.14 bits per heavy atom. The third-order valence-electron chi connectivity index (χ3n) is 2.57. The van der Waals surface area contributed by atoms with Gasteiger partial charge in [-0.3, -0.25) is 0 Å². The van der Waals surface area contributed by atoms with Gasteiger partial charge >= 0.3 is 0 Å². The van der Waals surface area contributed by atoms with E-state index in [2.05, 4.69) is 19.1 Å². The van der Waals surface area contributed by atoms with Gasteiger partial charge in [0.15, 0.2) is 0 Å². The molecule has 0 fully saturated rings. The van der Waals surface area contributed by atoms with Gasteiger partial charge in [-0.1, -0.05) is 44.5 Å². The van der Waals surface area contributed by atoms with Gasteiger partial charge in [-0.2, -0.15) is 0 Å². The summed E-state index contributed by atoms with van der Waals surface area (Å²) in [7, 11) is 0. The van der Waals surface area contributed by atoms with Crippen molar-refractivity contribution in [3.63, 3.8) is 0 Å². The molecule has 1 aromatic carbocycles. The molecule has 0 aliphatic carbocycles. The number of hydrogen-bond acceptors (Lipinski definition) is 1. The maximum absolute atomic E-state index is 9.60. The van der Waals surface area contributed by atoms with Crippen molar-refractivity contribution in [3.8, 4) is 0 Å². The molecule has 78 valence electrons. The zero-order valence-corrected chi connectivity index (χ0v) is 9.16. The number of aliphatic hydroxyl groups is 1. The Balaban J connectivity index is 2.59. The van der Waals surface area contributed by atoms with Gasteiger partial charge in [-0.25, -0.2) is 0 Å². The van der Waals surface area contributed by atoms with Crippen LogP contribution in [0.25, 0.3) is 0 Å². The molecular formula is C13H20O. The Kier molecular flexibility index (Phi) is 4.68. The van der Waals surface area contributed by atoms with Crippen LogP contribution in [0.1, 0.15) is 50.3 Å². The topological polar surface area (TPSA) is 20.2 Å². The maximum atomic E-state index is 9.60. The molecule has 0 unspecified atom stereocenters. The van der Waals surface area contributed by atoms with Crippen LogP contribution in [0.3, 0.4) is 0 Å². The third kappa shape index (κ3) is 3.15. The molecule has 0 aliphatic heterocycles. The fraction of sp³-hybridized carbons (Fsp3) is 0.538. The molecule has 0 saturated carbocycles. The largest absolute Gasteiger partial charge is 0.388 e. The third-order valence-corrected chi connectivity index (χ3v) is 2.57. The zero-order valence-electron chi connectivity index (χ0n) is 9.16. The van der Waals surface area contributed by atoms with Crippen molar-refractivity contribution in [2.24, 2.45) is 0 Å². The molecule has 1 N–H and O–H groups in total. The summed E-state index contributed by atoms with van der Waals surface area (Å²) in [5, 5.41) is 9.60. The van der Waals surface area contributed by atoms with Gasteiger partial charge in [0, 0.05) is 0 Å². The standard InChI is InChI=1S/C13H20O/c1-3-5-6-11-7-9-12(10-8-11)13(14)4-2/h7-10,13-14H,3-6H2,1-2H3/t13-/m1/s1. The average molecular weight is 192 g/mol. The van der Waals surface area contributed by atoms with Crippen LogP contribution >= 0.6 is 0 Å². The van der Waals surface area contributed by atoms with Crippen molar-refractivity contribution in [1.82, 2.24) is 0 Å². The molecule has 0 spiro atoms. The first-order chi connectivity index (χ1) is 6.77. The van der Waals surface area contributed by atoms with E-state index in [4.69, 9.17) is 0 Å². The van der Waals surface area contributed by atoms with Crippen LogP contribution in [0.5, 0.6) is 0 Å². The molecule has 0 saturated heterocycles. The minimum absolute atomic E-state index is 0.296. The second-order valence-electron chi connectivity index (χ2n) is 3.77. The van der Waals surface area contributed by atoms with Gasteiger partial charge < -0.3 is 5.11 Å². The average Bonchev–Trinajstić information content (AvgIpc) is 2.26. The monoisotopic (exact) mass is 192 g/mol. The first kappa shape index (κ1) is 11.3. The molecular weight excluding hydrogens is 172 g/mol. The summed E-state index contributed by atoms with van der Waals surface area (Å²) in [6.45, 7) is 4.20. The van der Waals surface area contributed by atoms with Crippen molar-refractivity contribution < 1.29 is 5.11 Å². The van der Waals surface area contributed by atoms with E-state index >= 15 is 0 Å². The lowest BCUT2D eigenvalue weighted by molar-refractivity contribution is 0.173. The Labute approximate surface area is 86.8 Å². The predicted octanol–water partition coefficient (Wildman–Crippen LogP) is 3.47. The normalized spacial score (nSPS) is 12.8. The van der Waals surface area contributed by atoms with Crippen LogP contribution < -0.4 is 0 Å². The molecule has 1 nitrogen and oxygen atoms in total. The van der Waals surface area contributed by atoms with E-state index in [0.717, 1.165) is 18.4 Å². The van der Waals surface area contributed by atoms with Gasteiger partial charge in [0.1, 0.15) is 0 Å². The number of rotatable bonds is 5. The van der Waals surface area contributed by atoms with E-state index in [1.807, 2.05) is 19.1 Å². The summed E-state index contributed by atoms with van der Waals surface area (Å²) in [6, 6.07) is 8.34. The highest BCUT2D eigenvalue weighted by Gasteiger charge is 2.03. The van der Waals surface area contributed by atoms with Crippen molar-refractivity contribution in [2.75, 3.05) is 0 Å². The van der Waals surface area contributed by atoms with Crippen molar-refractivity contribution in [3.05, 3.63) is 35.4 Å². The van der Waals surface area contributed by atoms with E-state index in [0.29, 0.717) is 0 Å². The predicted molar refractivity (Wildman–Crippen MR) is 60.3 cm³/mol. The summed E-state index contributed by atoms with van der Waals surface area (Å²) in [6.07, 6.45) is 4.12. The van der Waals surface area contributed by atoms with E-state index < -0.39 is 0 Å². The van der Waals surface area contributed by atoms with Gasteiger partial charge in [0.2, 0.25) is 0 Å². The zero-order chi connectivity index (χ0) is 10.4. The summed E-state index contributed by atoms with van der Waals surface area (Å²) >= 11 is 0. The second kappa shape index (κ2) is 5.82. The molecule has 0 radical (unpaired) electrons. The van der Waals surface area contributed by atoms with Gasteiger partial charge in [0.05, 0.1) is 6.10 Å². The SMILES string of the molecule is CCCCc1ccc([C@H](O)CC)cc1. The lowest BCUT2D eigenvalue weighted by atomic mass is 10.0. The highest BCUT2D eigenvalue weighted by atomic mass is 16.3. The van der Waals surface area contributed by atoms with Crippen LogP contribution in [0.4, 0.5) is 0 Å². The fourth-order valence-electron chi connectivity index (χ4n) is 1.52. The highest BCUT2D eigenvalue weighted by Crippen LogP contribution is 2.17. The van der Waals surface area contributed by atoms with Crippen LogP contribution in [0.2, 0.25) is 0 Å². The summed E-state index contributed by atoms with van der Waals surface area (Å²) in [4.78, 5) is 0. The Hall–Kier alpha value is -0.820. The summed E-state index contributed by atoms with van der Waals surface area (Å²) in [5.41, 5.74) is 2.41. The minimum atomic E-state index is -0.296. The minimum Gasteiger partial charge on any atom is -0.388 e. The first-order valence-electron chi connectivity index (χ1n) is 5.54. The first-order valence-corrected chi connectivity index (χ1v) is 5.54. The molecule has 0 aliphatic rings. The second-order valence-corrected chi connectivity index (χ2v) is 3.77. The molecule has 1 aromatic rings. The van der Waals surface area contributed by atoms with Crippen LogP contribution in [-0.2, 0) is 6.42 Å². The molecule has 0 amide bonds. The van der Waals surface area contributed by atoms with Gasteiger partial charge in [-0.05, 0) is 30.4 Å². The maximum Gasteiger partial charge on any atom is 0.0787 e. The molecule has 1 atom stereocenters.